The van der Waals surface area contributed by atoms with E-state index in [-0.39, 0.29) is 18.1 Å². The van der Waals surface area contributed by atoms with E-state index in [4.69, 9.17) is 18.0 Å². The predicted octanol–water partition coefficient (Wildman–Crippen LogP) is 5.81. The number of nitrogens with two attached hydrogens (primary N) is 1. The highest BCUT2D eigenvalue weighted by atomic mass is 32.1. The molecule has 0 bridgehead atoms. The van der Waals surface area contributed by atoms with Crippen LogP contribution in [0.1, 0.15) is 41.7 Å². The second kappa shape index (κ2) is 9.73. The zero-order valence-electron chi connectivity index (χ0n) is 17.5. The molecule has 0 aromatic heterocycles. The molecule has 4 heteroatoms. The largest absolute Gasteiger partial charge is 0.356 e. The topological polar surface area (TPSA) is 50.1 Å². The summed E-state index contributed by atoms with van der Waals surface area (Å²) in [4.78, 5) is 0. The number of hydrogen-bond donors (Lipinski definition) is 3. The molecule has 4 aromatic rings. The summed E-state index contributed by atoms with van der Waals surface area (Å²) >= 11 is 5.72. The number of benzene rings is 4. The minimum atomic E-state index is -0.240. The van der Waals surface area contributed by atoms with Crippen molar-refractivity contribution in [2.24, 2.45) is 5.73 Å². The van der Waals surface area contributed by atoms with Gasteiger partial charge >= 0.3 is 0 Å². The summed E-state index contributed by atoms with van der Waals surface area (Å²) in [7, 11) is 0. The SMILES string of the molecule is C[C@H](NC(=S)N[C@H](c1ccccc1)[C@H](N)c1ccccc1)c1cccc2ccccc12. The maximum absolute atomic E-state index is 6.69. The van der Waals surface area contributed by atoms with Gasteiger partial charge in [-0.25, -0.2) is 0 Å². The van der Waals surface area contributed by atoms with Gasteiger partial charge in [0.15, 0.2) is 5.11 Å². The molecule has 0 spiro atoms. The molecule has 0 aliphatic heterocycles. The van der Waals surface area contributed by atoms with Crippen LogP contribution in [0.3, 0.4) is 0 Å². The van der Waals surface area contributed by atoms with Gasteiger partial charge in [0, 0.05) is 0 Å². The lowest BCUT2D eigenvalue weighted by molar-refractivity contribution is 0.516. The molecule has 0 unspecified atom stereocenters. The van der Waals surface area contributed by atoms with Gasteiger partial charge in [-0.2, -0.15) is 0 Å². The average Bonchev–Trinajstić information content (AvgIpc) is 2.83. The number of hydrogen-bond acceptors (Lipinski definition) is 2. The maximum Gasteiger partial charge on any atom is 0.167 e. The first-order chi connectivity index (χ1) is 15.1. The number of nitrogens with one attached hydrogen (secondary N) is 2. The fraction of sp³-hybridized carbons (Fsp3) is 0.148. The predicted molar refractivity (Wildman–Crippen MR) is 134 cm³/mol. The van der Waals surface area contributed by atoms with Gasteiger partial charge < -0.3 is 16.4 Å². The van der Waals surface area contributed by atoms with Gasteiger partial charge in [-0.3, -0.25) is 0 Å². The van der Waals surface area contributed by atoms with Crippen LogP contribution < -0.4 is 16.4 Å². The Morgan fingerprint density at radius 1 is 0.710 bits per heavy atom. The summed E-state index contributed by atoms with van der Waals surface area (Å²) in [5.41, 5.74) is 10.1. The lowest BCUT2D eigenvalue weighted by atomic mass is 9.94. The first-order valence-electron chi connectivity index (χ1n) is 10.5. The molecule has 31 heavy (non-hydrogen) atoms. The summed E-state index contributed by atoms with van der Waals surface area (Å²) in [6.07, 6.45) is 0. The quantitative estimate of drug-likeness (QED) is 0.341. The number of thiocarbonyl (C=S) groups is 1. The van der Waals surface area contributed by atoms with Crippen LogP contribution in [-0.4, -0.2) is 5.11 Å². The van der Waals surface area contributed by atoms with Crippen molar-refractivity contribution in [1.82, 2.24) is 10.6 Å². The minimum Gasteiger partial charge on any atom is -0.356 e. The first kappa shape index (κ1) is 21.0. The standard InChI is InChI=1S/C27H27N3S/c1-19(23-18-10-16-20-11-8-9-17-24(20)23)29-27(31)30-26(22-14-6-3-7-15-22)25(28)21-12-4-2-5-13-21/h2-19,25-26H,28H2,1H3,(H2,29,30,31)/t19-,25+,26+/m0/s1. The first-order valence-corrected chi connectivity index (χ1v) is 10.9. The van der Waals surface area contributed by atoms with E-state index in [2.05, 4.69) is 84.3 Å². The minimum absolute atomic E-state index is 0.0514. The monoisotopic (exact) mass is 425 g/mol. The zero-order chi connectivity index (χ0) is 21.6. The van der Waals surface area contributed by atoms with Crippen LogP contribution in [0.4, 0.5) is 0 Å². The summed E-state index contributed by atoms with van der Waals surface area (Å²) < 4.78 is 0. The molecule has 0 amide bonds. The molecule has 0 saturated heterocycles. The Hall–Kier alpha value is -3.21. The van der Waals surface area contributed by atoms with Crippen molar-refractivity contribution < 1.29 is 0 Å². The highest BCUT2D eigenvalue weighted by molar-refractivity contribution is 7.80. The van der Waals surface area contributed by atoms with Gasteiger partial charge in [0.1, 0.15) is 0 Å². The van der Waals surface area contributed by atoms with Crippen molar-refractivity contribution in [3.63, 3.8) is 0 Å². The van der Waals surface area contributed by atoms with Crippen molar-refractivity contribution in [2.75, 3.05) is 0 Å². The Kier molecular flexibility index (Phi) is 6.60. The Morgan fingerprint density at radius 3 is 2.00 bits per heavy atom. The second-order valence-electron chi connectivity index (χ2n) is 7.73. The molecule has 0 aliphatic rings. The van der Waals surface area contributed by atoms with Crippen molar-refractivity contribution in [2.45, 2.75) is 25.0 Å². The second-order valence-corrected chi connectivity index (χ2v) is 8.14. The van der Waals surface area contributed by atoms with Crippen molar-refractivity contribution >= 4 is 28.1 Å². The molecular weight excluding hydrogens is 398 g/mol. The highest BCUT2D eigenvalue weighted by Gasteiger charge is 2.23. The molecule has 156 valence electrons. The fourth-order valence-corrected chi connectivity index (χ4v) is 4.30. The van der Waals surface area contributed by atoms with E-state index in [1.807, 2.05) is 36.4 Å². The molecule has 4 rings (SSSR count). The van der Waals surface area contributed by atoms with Crippen LogP contribution in [0.5, 0.6) is 0 Å². The molecule has 3 nitrogen and oxygen atoms in total. The molecular formula is C27H27N3S. The molecule has 0 fully saturated rings. The van der Waals surface area contributed by atoms with E-state index >= 15 is 0 Å². The molecule has 0 radical (unpaired) electrons. The molecule has 3 atom stereocenters. The Labute approximate surface area is 189 Å². The molecule has 4 N–H and O–H groups in total. The lowest BCUT2D eigenvalue weighted by Crippen LogP contribution is -2.42. The van der Waals surface area contributed by atoms with Crippen molar-refractivity contribution in [1.29, 1.82) is 0 Å². The Balaban J connectivity index is 1.55. The van der Waals surface area contributed by atoms with E-state index in [1.54, 1.807) is 0 Å². The third-order valence-electron chi connectivity index (χ3n) is 5.63. The van der Waals surface area contributed by atoms with Crippen molar-refractivity contribution in [3.05, 3.63) is 120 Å². The van der Waals surface area contributed by atoms with Crippen LogP contribution in [0.25, 0.3) is 10.8 Å². The van der Waals surface area contributed by atoms with E-state index in [9.17, 15) is 0 Å². The summed E-state index contributed by atoms with van der Waals surface area (Å²) in [5.74, 6) is 0. The van der Waals surface area contributed by atoms with E-state index in [0.717, 1.165) is 11.1 Å². The fourth-order valence-electron chi connectivity index (χ4n) is 3.99. The molecule has 0 saturated carbocycles. The van der Waals surface area contributed by atoms with Gasteiger partial charge in [-0.1, -0.05) is 103 Å². The van der Waals surface area contributed by atoms with Crippen LogP contribution in [0.2, 0.25) is 0 Å². The number of fused-ring (bicyclic) bond motifs is 1. The molecule has 4 aromatic carbocycles. The molecule has 0 heterocycles. The highest BCUT2D eigenvalue weighted by Crippen LogP contribution is 2.28. The third kappa shape index (κ3) is 4.93. The Bertz CT molecular complexity index is 1140. The third-order valence-corrected chi connectivity index (χ3v) is 5.86. The number of rotatable bonds is 6. The van der Waals surface area contributed by atoms with E-state index in [0.29, 0.717) is 5.11 Å². The Morgan fingerprint density at radius 2 is 1.29 bits per heavy atom. The van der Waals surface area contributed by atoms with Gasteiger partial charge in [0.05, 0.1) is 18.1 Å². The van der Waals surface area contributed by atoms with Crippen LogP contribution in [-0.2, 0) is 0 Å². The lowest BCUT2D eigenvalue weighted by Gasteiger charge is -2.28. The average molecular weight is 426 g/mol. The smallest absolute Gasteiger partial charge is 0.167 e. The van der Waals surface area contributed by atoms with Crippen molar-refractivity contribution in [3.8, 4) is 0 Å². The van der Waals surface area contributed by atoms with Gasteiger partial charge in [-0.15, -0.1) is 0 Å². The van der Waals surface area contributed by atoms with E-state index < -0.39 is 0 Å². The van der Waals surface area contributed by atoms with Crippen LogP contribution in [0, 0.1) is 0 Å². The van der Waals surface area contributed by atoms with Gasteiger partial charge in [0.2, 0.25) is 0 Å². The summed E-state index contributed by atoms with van der Waals surface area (Å²) in [5, 5.41) is 9.97. The normalized spacial score (nSPS) is 13.9. The molecule has 0 aliphatic carbocycles. The van der Waals surface area contributed by atoms with Gasteiger partial charge in [-0.05, 0) is 46.6 Å². The maximum atomic E-state index is 6.69. The van der Waals surface area contributed by atoms with E-state index in [1.165, 1.54) is 16.3 Å². The van der Waals surface area contributed by atoms with Crippen LogP contribution in [0.15, 0.2) is 103 Å². The zero-order valence-corrected chi connectivity index (χ0v) is 18.3. The summed E-state index contributed by atoms with van der Waals surface area (Å²) in [6.45, 7) is 2.13. The van der Waals surface area contributed by atoms with Gasteiger partial charge in [0.25, 0.3) is 0 Å². The summed E-state index contributed by atoms with van der Waals surface area (Å²) in [6, 6.07) is 34.8. The van der Waals surface area contributed by atoms with Crippen LogP contribution >= 0.6 is 12.2 Å².